The molecule has 0 radical (unpaired) electrons. The summed E-state index contributed by atoms with van der Waals surface area (Å²) in [4.78, 5) is 34.4. The van der Waals surface area contributed by atoms with Gasteiger partial charge in [0.05, 0.1) is 25.3 Å². The number of aliphatic hydroxyl groups is 2. The number of ether oxygens (including phenoxy) is 4. The molecular formula is C43H58FN3O9. The molecule has 2 aromatic carbocycles. The molecule has 0 aromatic heterocycles. The van der Waals surface area contributed by atoms with E-state index in [-0.39, 0.29) is 50.5 Å². The average Bonchev–Trinajstić information content (AvgIpc) is 3.17. The van der Waals surface area contributed by atoms with E-state index < -0.39 is 41.4 Å². The molecule has 306 valence electrons. The maximum absolute atomic E-state index is 14.1. The number of nitrogens with zero attached hydrogens (tertiary/aromatic N) is 2. The lowest BCUT2D eigenvalue weighted by Gasteiger charge is -2.59. The van der Waals surface area contributed by atoms with Crippen molar-refractivity contribution >= 4 is 17.9 Å². The number of oxime groups is 1. The summed E-state index contributed by atoms with van der Waals surface area (Å²) in [6, 6.07) is 10.4. The minimum Gasteiger partial charge on any atom is -0.459 e. The van der Waals surface area contributed by atoms with Crippen molar-refractivity contribution in [1.82, 2.24) is 10.2 Å². The van der Waals surface area contributed by atoms with Gasteiger partial charge in [0.2, 0.25) is 5.79 Å². The second-order valence-corrected chi connectivity index (χ2v) is 15.6. The van der Waals surface area contributed by atoms with E-state index in [1.807, 2.05) is 33.8 Å². The Labute approximate surface area is 329 Å². The van der Waals surface area contributed by atoms with Crippen LogP contribution in [0.5, 0.6) is 11.5 Å². The molecule has 1 saturated carbocycles. The van der Waals surface area contributed by atoms with Gasteiger partial charge in [-0.05, 0) is 107 Å². The first-order valence-electron chi connectivity index (χ1n) is 19.7. The van der Waals surface area contributed by atoms with Gasteiger partial charge in [-0.15, -0.1) is 6.58 Å². The second kappa shape index (κ2) is 19.1. The lowest BCUT2D eigenvalue weighted by Crippen LogP contribution is -2.70. The molecule has 3 aliphatic rings. The van der Waals surface area contributed by atoms with E-state index >= 15 is 0 Å². The summed E-state index contributed by atoms with van der Waals surface area (Å²) >= 11 is 0. The molecule has 2 aromatic rings. The lowest BCUT2D eigenvalue weighted by atomic mass is 9.55. The number of benzene rings is 2. The molecule has 6 atom stereocenters. The molecule has 0 saturated heterocycles. The van der Waals surface area contributed by atoms with Crippen LogP contribution >= 0.6 is 0 Å². The molecule has 13 heteroatoms. The monoisotopic (exact) mass is 779 g/mol. The topological polar surface area (TPSA) is 148 Å². The van der Waals surface area contributed by atoms with Gasteiger partial charge in [-0.2, -0.15) is 0 Å². The molecule has 12 nitrogen and oxygen atoms in total. The van der Waals surface area contributed by atoms with E-state index in [1.54, 1.807) is 35.2 Å². The molecule has 0 bridgehead atoms. The number of hydrogen-bond acceptors (Lipinski definition) is 10. The SMILES string of the molecule is C=CCOC12Oc3ccc(OC(=O)NCC)cc3C3C(CCCCO)C(CCCCO)C=C(C(=NOC(C)(C)C)CC1N(Cc1ccc(F)cc1)C(=O)OC)C32. The van der Waals surface area contributed by atoms with Gasteiger partial charge in [-0.1, -0.05) is 42.3 Å². The molecule has 3 N–H and O–H groups in total. The predicted octanol–water partition coefficient (Wildman–Crippen LogP) is 7.63. The Kier molecular flexibility index (Phi) is 14.6. The maximum atomic E-state index is 14.1. The Morgan fingerprint density at radius 3 is 2.45 bits per heavy atom. The van der Waals surface area contributed by atoms with Crippen LogP contribution in [-0.4, -0.2) is 83.9 Å². The van der Waals surface area contributed by atoms with Crippen molar-refractivity contribution < 1.29 is 48.0 Å². The average molecular weight is 780 g/mol. The van der Waals surface area contributed by atoms with Gasteiger partial charge >= 0.3 is 12.2 Å². The molecule has 1 fully saturated rings. The Morgan fingerprint density at radius 2 is 1.80 bits per heavy atom. The third-order valence-electron chi connectivity index (χ3n) is 10.7. The van der Waals surface area contributed by atoms with Crippen molar-refractivity contribution in [3.05, 3.63) is 83.7 Å². The lowest BCUT2D eigenvalue weighted by molar-refractivity contribution is -0.256. The number of fused-ring (bicyclic) bond motifs is 2. The zero-order valence-corrected chi connectivity index (χ0v) is 33.3. The molecule has 2 amide bonds. The van der Waals surface area contributed by atoms with Gasteiger partial charge in [-0.3, -0.25) is 4.90 Å². The first-order valence-corrected chi connectivity index (χ1v) is 19.7. The summed E-state index contributed by atoms with van der Waals surface area (Å²) < 4.78 is 39.4. The van der Waals surface area contributed by atoms with Crippen molar-refractivity contribution in [2.75, 3.05) is 33.5 Å². The van der Waals surface area contributed by atoms with Gasteiger partial charge in [0.1, 0.15) is 29.0 Å². The maximum Gasteiger partial charge on any atom is 0.412 e. The molecule has 6 unspecified atom stereocenters. The van der Waals surface area contributed by atoms with Crippen LogP contribution in [0.25, 0.3) is 0 Å². The number of carbonyl (C=O) groups excluding carboxylic acids is 2. The molecular weight excluding hydrogens is 721 g/mol. The predicted molar refractivity (Wildman–Crippen MR) is 210 cm³/mol. The van der Waals surface area contributed by atoms with Crippen molar-refractivity contribution in [3.8, 4) is 11.5 Å². The highest BCUT2D eigenvalue weighted by molar-refractivity contribution is 6.03. The number of hydrogen-bond donors (Lipinski definition) is 3. The van der Waals surface area contributed by atoms with E-state index in [1.165, 1.54) is 19.2 Å². The first kappa shape index (κ1) is 42.7. The third kappa shape index (κ3) is 9.73. The van der Waals surface area contributed by atoms with Crippen LogP contribution in [0, 0.1) is 23.6 Å². The van der Waals surface area contributed by atoms with Crippen molar-refractivity contribution in [3.63, 3.8) is 0 Å². The summed E-state index contributed by atoms with van der Waals surface area (Å²) in [5, 5.41) is 27.2. The number of halogens is 1. The van der Waals surface area contributed by atoms with Crippen LogP contribution in [0.2, 0.25) is 0 Å². The molecule has 0 spiro atoms. The van der Waals surface area contributed by atoms with E-state index in [9.17, 15) is 24.2 Å². The fourth-order valence-electron chi connectivity index (χ4n) is 8.40. The molecule has 56 heavy (non-hydrogen) atoms. The van der Waals surface area contributed by atoms with Crippen LogP contribution in [0.15, 0.2) is 71.9 Å². The van der Waals surface area contributed by atoms with Gasteiger partial charge in [0.25, 0.3) is 0 Å². The Hall–Kier alpha value is -4.46. The van der Waals surface area contributed by atoms with Gasteiger partial charge in [0, 0.05) is 44.2 Å². The summed E-state index contributed by atoms with van der Waals surface area (Å²) in [6.07, 6.45) is 7.11. The number of carbonyl (C=O) groups is 2. The van der Waals surface area contributed by atoms with Crippen molar-refractivity contribution in [1.29, 1.82) is 0 Å². The Morgan fingerprint density at radius 1 is 1.09 bits per heavy atom. The van der Waals surface area contributed by atoms with E-state index in [0.717, 1.165) is 36.8 Å². The van der Waals surface area contributed by atoms with Crippen LogP contribution < -0.4 is 14.8 Å². The number of nitrogens with one attached hydrogen (secondary N) is 1. The van der Waals surface area contributed by atoms with E-state index in [2.05, 4.69) is 18.0 Å². The first-order chi connectivity index (χ1) is 26.9. The molecule has 2 aliphatic carbocycles. The number of unbranched alkanes of at least 4 members (excludes halogenated alkanes) is 2. The normalized spacial score (nSPS) is 24.5. The summed E-state index contributed by atoms with van der Waals surface area (Å²) in [7, 11) is 1.31. The smallest absolute Gasteiger partial charge is 0.412 e. The number of amides is 2. The summed E-state index contributed by atoms with van der Waals surface area (Å²) in [5.41, 5.74) is 2.31. The minimum atomic E-state index is -1.53. The Balaban J connectivity index is 1.81. The van der Waals surface area contributed by atoms with Gasteiger partial charge in [0.15, 0.2) is 0 Å². The van der Waals surface area contributed by atoms with E-state index in [4.69, 9.17) is 28.9 Å². The number of allylic oxidation sites excluding steroid dienone is 1. The zero-order chi connectivity index (χ0) is 40.5. The van der Waals surface area contributed by atoms with Crippen LogP contribution in [0.4, 0.5) is 14.0 Å². The molecule has 5 rings (SSSR count). The largest absolute Gasteiger partial charge is 0.459 e. The highest BCUT2D eigenvalue weighted by Crippen LogP contribution is 2.62. The standard InChI is InChI=1S/C43H58FN3O9/c1-7-23-53-43-37(47(41(51)52-6)27-28-15-17-30(44)18-16-28)26-35(46-56-42(3,4)5)33-24-29(13-9-11-21-48)32(14-10-12-22-49)38(39(33)43)34-25-31(19-20-36(34)55-43)54-40(50)45-8-2/h7,15-20,24-25,29,32,37-39,48-49H,1,8-14,21-23,26-27H2,2-6H3,(H,45,50). The van der Waals surface area contributed by atoms with Gasteiger partial charge in [-0.25, -0.2) is 14.0 Å². The van der Waals surface area contributed by atoms with Crippen molar-refractivity contribution in [2.45, 2.75) is 103 Å². The fourth-order valence-corrected chi connectivity index (χ4v) is 8.40. The molecule has 1 aliphatic heterocycles. The van der Waals surface area contributed by atoms with Gasteiger partial charge < -0.3 is 39.3 Å². The van der Waals surface area contributed by atoms with Crippen LogP contribution in [0.3, 0.4) is 0 Å². The second-order valence-electron chi connectivity index (χ2n) is 15.6. The Bertz CT molecular complexity index is 1730. The molecule has 1 heterocycles. The number of rotatable bonds is 17. The van der Waals surface area contributed by atoms with Crippen LogP contribution in [-0.2, 0) is 20.9 Å². The number of aliphatic hydroxyl groups excluding tert-OH is 2. The summed E-state index contributed by atoms with van der Waals surface area (Å²) in [5.74, 6) is -2.01. The van der Waals surface area contributed by atoms with Crippen molar-refractivity contribution in [2.24, 2.45) is 22.9 Å². The fraction of sp³-hybridized carbons (Fsp3) is 0.558. The highest BCUT2D eigenvalue weighted by atomic mass is 19.1. The zero-order valence-electron chi connectivity index (χ0n) is 33.3. The minimum absolute atomic E-state index is 0.0137. The summed E-state index contributed by atoms with van der Waals surface area (Å²) in [6.45, 7) is 12.1. The third-order valence-corrected chi connectivity index (χ3v) is 10.7. The van der Waals surface area contributed by atoms with E-state index in [0.29, 0.717) is 42.2 Å². The number of methoxy groups -OCH3 is 1. The quantitative estimate of drug-likeness (QED) is 0.0837. The highest BCUT2D eigenvalue weighted by Gasteiger charge is 2.65. The van der Waals surface area contributed by atoms with Crippen LogP contribution in [0.1, 0.15) is 89.7 Å².